The minimum atomic E-state index is -1.60. The van der Waals surface area contributed by atoms with Crippen LogP contribution in [-0.4, -0.2) is 25.9 Å². The molecule has 8 heteroatoms. The average Bonchev–Trinajstić information content (AvgIpc) is 3.10. The predicted octanol–water partition coefficient (Wildman–Crippen LogP) is 5.49. The Morgan fingerprint density at radius 1 is 1.17 bits per heavy atom. The number of fused-ring (bicyclic) bond motifs is 2. The smallest absolute Gasteiger partial charge is 0.276 e. The zero-order chi connectivity index (χ0) is 25.8. The van der Waals surface area contributed by atoms with Gasteiger partial charge in [0.1, 0.15) is 11.5 Å². The summed E-state index contributed by atoms with van der Waals surface area (Å²) in [4.78, 5) is 22.4. The molecule has 0 saturated heterocycles. The van der Waals surface area contributed by atoms with E-state index in [-0.39, 0.29) is 17.1 Å². The zero-order valence-corrected chi connectivity index (χ0v) is 21.7. The van der Waals surface area contributed by atoms with Crippen LogP contribution in [0.15, 0.2) is 53.5 Å². The molecule has 7 nitrogen and oxygen atoms in total. The van der Waals surface area contributed by atoms with E-state index in [0.717, 1.165) is 18.7 Å². The lowest BCUT2D eigenvalue weighted by Crippen LogP contribution is -2.42. The van der Waals surface area contributed by atoms with Gasteiger partial charge >= 0.3 is 0 Å². The van der Waals surface area contributed by atoms with Crippen molar-refractivity contribution in [1.82, 2.24) is 24.6 Å². The van der Waals surface area contributed by atoms with Crippen LogP contribution >= 0.6 is 0 Å². The van der Waals surface area contributed by atoms with Crippen molar-refractivity contribution < 1.29 is 4.39 Å². The number of nitrogens with one attached hydrogen (secondary N) is 2. The van der Waals surface area contributed by atoms with Crippen molar-refractivity contribution in [1.29, 1.82) is 0 Å². The van der Waals surface area contributed by atoms with Gasteiger partial charge in [-0.05, 0) is 89.9 Å². The number of halogens is 1. The van der Waals surface area contributed by atoms with Crippen LogP contribution in [0.2, 0.25) is 0 Å². The van der Waals surface area contributed by atoms with Crippen molar-refractivity contribution in [2.75, 3.05) is 11.9 Å². The van der Waals surface area contributed by atoms with Crippen molar-refractivity contribution in [3.63, 3.8) is 0 Å². The summed E-state index contributed by atoms with van der Waals surface area (Å²) >= 11 is 0. The molecule has 36 heavy (non-hydrogen) atoms. The molecule has 1 aromatic carbocycles. The van der Waals surface area contributed by atoms with E-state index in [0.29, 0.717) is 28.2 Å². The van der Waals surface area contributed by atoms with E-state index in [1.165, 1.54) is 25.0 Å². The van der Waals surface area contributed by atoms with Crippen LogP contribution in [0, 0.1) is 0 Å². The molecule has 1 aliphatic heterocycles. The topological polar surface area (TPSA) is 76.8 Å². The van der Waals surface area contributed by atoms with E-state index >= 15 is 0 Å². The third kappa shape index (κ3) is 4.19. The van der Waals surface area contributed by atoms with Crippen LogP contribution in [0.1, 0.15) is 64.4 Å². The largest absolute Gasteiger partial charge is 0.340 e. The number of pyridine rings is 2. The molecule has 0 fully saturated rings. The van der Waals surface area contributed by atoms with Crippen molar-refractivity contribution in [2.24, 2.45) is 0 Å². The molecule has 4 heterocycles. The molecule has 0 spiro atoms. The van der Waals surface area contributed by atoms with Gasteiger partial charge in [0.05, 0.1) is 16.6 Å². The Morgan fingerprint density at radius 2 is 1.94 bits per heavy atom. The molecular weight excluding hydrogens is 455 g/mol. The maximum atomic E-state index is 14.7. The number of alkyl halides is 1. The van der Waals surface area contributed by atoms with Gasteiger partial charge in [0.15, 0.2) is 5.82 Å². The first-order valence-electron chi connectivity index (χ1n) is 12.4. The SMILES string of the molecule is CC(C)n1c(=O)c2cnc(Nc3ccc4c(c3)CCNC4(C)C)cc2n1-c1cccc(C(C)(C)F)n1. The van der Waals surface area contributed by atoms with Gasteiger partial charge < -0.3 is 10.6 Å². The first-order valence-corrected chi connectivity index (χ1v) is 12.4. The van der Waals surface area contributed by atoms with Gasteiger partial charge in [-0.1, -0.05) is 12.1 Å². The Kier molecular flexibility index (Phi) is 5.75. The number of hydrogen-bond donors (Lipinski definition) is 2. The van der Waals surface area contributed by atoms with E-state index in [2.05, 4.69) is 52.6 Å². The monoisotopic (exact) mass is 488 g/mol. The highest BCUT2D eigenvalue weighted by molar-refractivity contribution is 5.82. The van der Waals surface area contributed by atoms with E-state index in [1.54, 1.807) is 33.8 Å². The van der Waals surface area contributed by atoms with Gasteiger partial charge in [-0.2, -0.15) is 0 Å². The van der Waals surface area contributed by atoms with Gasteiger partial charge in [-0.25, -0.2) is 23.7 Å². The fourth-order valence-corrected chi connectivity index (χ4v) is 5.00. The van der Waals surface area contributed by atoms with Crippen molar-refractivity contribution in [3.05, 3.63) is 75.8 Å². The minimum absolute atomic E-state index is 0.0607. The summed E-state index contributed by atoms with van der Waals surface area (Å²) in [6, 6.07) is 13.3. The fourth-order valence-electron chi connectivity index (χ4n) is 5.00. The van der Waals surface area contributed by atoms with Gasteiger partial charge in [-0.15, -0.1) is 0 Å². The molecule has 3 aromatic heterocycles. The van der Waals surface area contributed by atoms with Gasteiger partial charge in [0.25, 0.3) is 5.56 Å². The summed E-state index contributed by atoms with van der Waals surface area (Å²) in [5.41, 5.74) is 2.69. The van der Waals surface area contributed by atoms with E-state index in [4.69, 9.17) is 0 Å². The molecule has 5 rings (SSSR count). The summed E-state index contributed by atoms with van der Waals surface area (Å²) in [7, 11) is 0. The summed E-state index contributed by atoms with van der Waals surface area (Å²) in [6.45, 7) is 12.2. The maximum Gasteiger partial charge on any atom is 0.276 e. The molecule has 0 saturated carbocycles. The van der Waals surface area contributed by atoms with E-state index in [1.807, 2.05) is 19.9 Å². The quantitative estimate of drug-likeness (QED) is 0.388. The minimum Gasteiger partial charge on any atom is -0.340 e. The van der Waals surface area contributed by atoms with E-state index in [9.17, 15) is 9.18 Å². The van der Waals surface area contributed by atoms with Crippen LogP contribution in [0.25, 0.3) is 16.7 Å². The first kappa shape index (κ1) is 24.2. The van der Waals surface area contributed by atoms with Crippen molar-refractivity contribution >= 4 is 22.4 Å². The Hall–Kier alpha value is -3.52. The molecule has 2 N–H and O–H groups in total. The number of anilines is 2. The molecule has 0 amide bonds. The molecule has 0 radical (unpaired) electrons. The molecular formula is C28H33FN6O. The number of rotatable bonds is 5. The van der Waals surface area contributed by atoms with Crippen LogP contribution in [0.4, 0.5) is 15.9 Å². The summed E-state index contributed by atoms with van der Waals surface area (Å²) in [5.74, 6) is 1.10. The van der Waals surface area contributed by atoms with Crippen LogP contribution in [0.3, 0.4) is 0 Å². The van der Waals surface area contributed by atoms with Crippen molar-refractivity contribution in [2.45, 2.75) is 65.2 Å². The molecule has 4 aromatic rings. The molecule has 0 bridgehead atoms. The highest BCUT2D eigenvalue weighted by Crippen LogP contribution is 2.31. The molecule has 1 aliphatic rings. The fraction of sp³-hybridized carbons (Fsp3) is 0.393. The lowest BCUT2D eigenvalue weighted by Gasteiger charge is -2.34. The molecule has 0 unspecified atom stereocenters. The molecule has 0 atom stereocenters. The second-order valence-electron chi connectivity index (χ2n) is 10.8. The predicted molar refractivity (Wildman–Crippen MR) is 142 cm³/mol. The van der Waals surface area contributed by atoms with Gasteiger partial charge in [-0.3, -0.25) is 4.79 Å². The van der Waals surface area contributed by atoms with Crippen molar-refractivity contribution in [3.8, 4) is 5.82 Å². The molecule has 0 aliphatic carbocycles. The van der Waals surface area contributed by atoms with Gasteiger partial charge in [0, 0.05) is 29.5 Å². The normalized spacial score (nSPS) is 15.3. The Morgan fingerprint density at radius 3 is 2.67 bits per heavy atom. The Labute approximate surface area is 210 Å². The second-order valence-corrected chi connectivity index (χ2v) is 10.8. The highest BCUT2D eigenvalue weighted by Gasteiger charge is 2.27. The number of aromatic nitrogens is 4. The first-order chi connectivity index (χ1) is 17.0. The summed E-state index contributed by atoms with van der Waals surface area (Å²) in [6.07, 6.45) is 2.56. The lowest BCUT2D eigenvalue weighted by atomic mass is 9.85. The molecule has 188 valence electrons. The zero-order valence-electron chi connectivity index (χ0n) is 21.7. The second kappa shape index (κ2) is 8.55. The average molecular weight is 489 g/mol. The maximum absolute atomic E-state index is 14.7. The Balaban J connectivity index is 1.61. The lowest BCUT2D eigenvalue weighted by molar-refractivity contribution is 0.214. The van der Waals surface area contributed by atoms with Crippen LogP contribution < -0.4 is 16.2 Å². The summed E-state index contributed by atoms with van der Waals surface area (Å²) < 4.78 is 18.1. The number of nitrogens with zero attached hydrogens (tertiary/aromatic N) is 4. The highest BCUT2D eigenvalue weighted by atomic mass is 19.1. The summed E-state index contributed by atoms with van der Waals surface area (Å²) in [5, 5.41) is 7.45. The standard InChI is InChI=1S/C28H33FN6O/c1-17(2)34-26(36)20-16-30-24(32-19-10-11-21-18(14-19)12-13-31-28(21,5)6)15-22(20)35(34)25-9-7-8-23(33-25)27(3,4)29/h7-11,14-17,31H,12-13H2,1-6H3,(H,30,32). The van der Waals surface area contributed by atoms with Gasteiger partial charge in [0.2, 0.25) is 0 Å². The van der Waals surface area contributed by atoms with Crippen LogP contribution in [-0.2, 0) is 17.6 Å². The number of benzene rings is 1. The van der Waals surface area contributed by atoms with Crippen LogP contribution in [0.5, 0.6) is 0 Å². The Bertz CT molecular complexity index is 1510. The third-order valence-electron chi connectivity index (χ3n) is 6.83. The van der Waals surface area contributed by atoms with E-state index < -0.39 is 5.67 Å². The number of hydrogen-bond acceptors (Lipinski definition) is 5. The third-order valence-corrected chi connectivity index (χ3v) is 6.83.